The van der Waals surface area contributed by atoms with Gasteiger partial charge in [0.1, 0.15) is 0 Å². The second-order valence-corrected chi connectivity index (χ2v) is 8.53. The summed E-state index contributed by atoms with van der Waals surface area (Å²) in [6.07, 6.45) is 10.2. The number of carbonyl (C=O) groups is 2. The largest absolute Gasteiger partial charge is 0.387 e. The lowest BCUT2D eigenvalue weighted by molar-refractivity contribution is -0.136. The number of nitrogens with zero attached hydrogens (tertiary/aromatic N) is 1. The van der Waals surface area contributed by atoms with E-state index in [-0.39, 0.29) is 24.0 Å². The number of nitrogens with one attached hydrogen (secondary N) is 3. The second-order valence-electron chi connectivity index (χ2n) is 8.53. The summed E-state index contributed by atoms with van der Waals surface area (Å²) in [7, 11) is 0. The molecule has 1 fully saturated rings. The summed E-state index contributed by atoms with van der Waals surface area (Å²) < 4.78 is 0. The summed E-state index contributed by atoms with van der Waals surface area (Å²) in [6, 6.07) is 9.90. The molecule has 3 aliphatic rings. The highest BCUT2D eigenvalue weighted by molar-refractivity contribution is 6.08. The number of rotatable bonds is 4. The number of hydrogen-bond donors (Lipinski definition) is 3. The number of fused-ring (bicyclic) bond motifs is 1. The van der Waals surface area contributed by atoms with Crippen molar-refractivity contribution in [1.82, 2.24) is 15.2 Å². The van der Waals surface area contributed by atoms with E-state index < -0.39 is 0 Å². The smallest absolute Gasteiger partial charge is 0.226 e. The summed E-state index contributed by atoms with van der Waals surface area (Å²) in [5.41, 5.74) is 5.27. The van der Waals surface area contributed by atoms with Crippen LogP contribution in [0.15, 0.2) is 48.7 Å². The van der Waals surface area contributed by atoms with Crippen LogP contribution in [-0.2, 0) is 11.2 Å². The maximum Gasteiger partial charge on any atom is 0.226 e. The number of H-pyrrole nitrogens is 1. The molecule has 3 N–H and O–H groups in total. The van der Waals surface area contributed by atoms with Gasteiger partial charge in [-0.2, -0.15) is 0 Å². The van der Waals surface area contributed by atoms with Crippen LogP contribution in [0.2, 0.25) is 0 Å². The van der Waals surface area contributed by atoms with Crippen LogP contribution >= 0.6 is 0 Å². The Morgan fingerprint density at radius 3 is 2.61 bits per heavy atom. The van der Waals surface area contributed by atoms with Gasteiger partial charge in [0.05, 0.1) is 22.9 Å². The number of Topliss-reactive ketones (excluding diaryl/α,β-unsaturated/α-hetero) is 1. The fourth-order valence-electron chi connectivity index (χ4n) is 4.85. The average molecular weight is 417 g/mol. The summed E-state index contributed by atoms with van der Waals surface area (Å²) in [6.45, 7) is 2.38. The van der Waals surface area contributed by atoms with Crippen molar-refractivity contribution in [3.8, 4) is 0 Å². The molecule has 0 spiro atoms. The molecule has 0 bridgehead atoms. The maximum absolute atomic E-state index is 13.3. The standard InChI is InChI=1S/C25H28N4O2/c30-21-16-18(25(31)29-13-5-2-6-14-29)15-20-22(21)24(27-19-7-3-1-4-8-19)23(28-20)17-9-11-26-12-10-17/h1,3-4,7-11,18,26-28H,2,5-6,12-16H2. The molecule has 0 radical (unpaired) electrons. The van der Waals surface area contributed by atoms with Crippen LogP contribution in [0.25, 0.3) is 5.57 Å². The van der Waals surface area contributed by atoms with E-state index in [1.165, 1.54) is 6.42 Å². The topological polar surface area (TPSA) is 77.2 Å². The Labute approximate surface area is 182 Å². The number of aromatic amines is 1. The van der Waals surface area contributed by atoms with Gasteiger partial charge in [-0.15, -0.1) is 0 Å². The third-order valence-electron chi connectivity index (χ3n) is 6.41. The number of aromatic nitrogens is 1. The molecule has 160 valence electrons. The Morgan fingerprint density at radius 2 is 1.87 bits per heavy atom. The zero-order valence-corrected chi connectivity index (χ0v) is 17.6. The summed E-state index contributed by atoms with van der Waals surface area (Å²) in [5.74, 6) is -0.101. The number of benzene rings is 1. The minimum Gasteiger partial charge on any atom is -0.387 e. The zero-order chi connectivity index (χ0) is 21.2. The van der Waals surface area contributed by atoms with Gasteiger partial charge in [0.15, 0.2) is 5.78 Å². The Bertz CT molecular complexity index is 1040. The Hall–Kier alpha value is -3.28. The number of para-hydroxylation sites is 1. The first-order valence-electron chi connectivity index (χ1n) is 11.2. The van der Waals surface area contributed by atoms with E-state index in [9.17, 15) is 9.59 Å². The summed E-state index contributed by atoms with van der Waals surface area (Å²) in [4.78, 5) is 31.9. The van der Waals surface area contributed by atoms with Crippen molar-refractivity contribution in [2.75, 3.05) is 25.0 Å². The van der Waals surface area contributed by atoms with Gasteiger partial charge in [-0.05, 0) is 49.2 Å². The summed E-state index contributed by atoms with van der Waals surface area (Å²) in [5, 5.41) is 6.65. The molecule has 3 heterocycles. The molecule has 2 aromatic rings. The minimum absolute atomic E-state index is 0.0380. The van der Waals surface area contributed by atoms with E-state index in [0.29, 0.717) is 12.0 Å². The first-order chi connectivity index (χ1) is 15.2. The highest BCUT2D eigenvalue weighted by atomic mass is 16.2. The van der Waals surface area contributed by atoms with Crippen molar-refractivity contribution >= 4 is 28.6 Å². The first-order valence-corrected chi connectivity index (χ1v) is 11.2. The Kier molecular flexibility index (Phi) is 5.37. The van der Waals surface area contributed by atoms with Crippen molar-refractivity contribution < 1.29 is 9.59 Å². The average Bonchev–Trinajstić information content (AvgIpc) is 3.19. The third kappa shape index (κ3) is 3.90. The van der Waals surface area contributed by atoms with Crippen molar-refractivity contribution in [1.29, 1.82) is 0 Å². The van der Waals surface area contributed by atoms with Crippen molar-refractivity contribution in [3.05, 3.63) is 65.6 Å². The second kappa shape index (κ2) is 8.46. The molecule has 1 aromatic carbocycles. The molecule has 1 atom stereocenters. The van der Waals surface area contributed by atoms with Gasteiger partial charge >= 0.3 is 0 Å². The SMILES string of the molecule is O=C1CC(C(=O)N2CCCCC2)Cc2[nH]c(C3=CCNC=C3)c(Nc3ccccc3)c21. The third-order valence-corrected chi connectivity index (χ3v) is 6.41. The molecular formula is C25H28N4O2. The number of ketones is 1. The van der Waals surface area contributed by atoms with Gasteiger partial charge in [-0.25, -0.2) is 0 Å². The van der Waals surface area contributed by atoms with E-state index in [0.717, 1.165) is 60.8 Å². The number of dihydropyridines is 1. The highest BCUT2D eigenvalue weighted by Gasteiger charge is 2.37. The maximum atomic E-state index is 13.3. The lowest BCUT2D eigenvalue weighted by atomic mass is 9.85. The van der Waals surface area contributed by atoms with Crippen LogP contribution in [0.3, 0.4) is 0 Å². The summed E-state index contributed by atoms with van der Waals surface area (Å²) >= 11 is 0. The van der Waals surface area contributed by atoms with Crippen LogP contribution in [0.1, 0.15) is 47.4 Å². The highest BCUT2D eigenvalue weighted by Crippen LogP contribution is 2.39. The van der Waals surface area contributed by atoms with Crippen LogP contribution in [0.4, 0.5) is 11.4 Å². The number of amides is 1. The lowest BCUT2D eigenvalue weighted by Crippen LogP contribution is -2.42. The van der Waals surface area contributed by atoms with E-state index >= 15 is 0 Å². The Morgan fingerprint density at radius 1 is 1.06 bits per heavy atom. The molecule has 6 heteroatoms. The van der Waals surface area contributed by atoms with Gasteiger partial charge in [-0.3, -0.25) is 9.59 Å². The number of likely N-dealkylation sites (tertiary alicyclic amines) is 1. The lowest BCUT2D eigenvalue weighted by Gasteiger charge is -2.31. The van der Waals surface area contributed by atoms with Crippen molar-refractivity contribution in [2.24, 2.45) is 5.92 Å². The predicted molar refractivity (Wildman–Crippen MR) is 122 cm³/mol. The van der Waals surface area contributed by atoms with E-state index in [2.05, 4.69) is 21.7 Å². The quantitative estimate of drug-likeness (QED) is 0.704. The number of allylic oxidation sites excluding steroid dienone is 2. The van der Waals surface area contributed by atoms with Crippen LogP contribution in [0, 0.1) is 5.92 Å². The van der Waals surface area contributed by atoms with E-state index in [1.807, 2.05) is 47.5 Å². The van der Waals surface area contributed by atoms with Crippen molar-refractivity contribution in [2.45, 2.75) is 32.1 Å². The molecule has 1 unspecified atom stereocenters. The van der Waals surface area contributed by atoms with Gasteiger partial charge < -0.3 is 20.5 Å². The fraction of sp³-hybridized carbons (Fsp3) is 0.360. The van der Waals surface area contributed by atoms with Gasteiger partial charge in [0.25, 0.3) is 0 Å². The molecule has 1 saturated heterocycles. The normalized spacial score (nSPS) is 20.6. The zero-order valence-electron chi connectivity index (χ0n) is 17.6. The molecule has 0 saturated carbocycles. The number of piperidine rings is 1. The fourth-order valence-corrected chi connectivity index (χ4v) is 4.85. The van der Waals surface area contributed by atoms with Gasteiger partial charge in [0, 0.05) is 43.9 Å². The van der Waals surface area contributed by atoms with E-state index in [1.54, 1.807) is 0 Å². The van der Waals surface area contributed by atoms with E-state index in [4.69, 9.17) is 0 Å². The molecule has 1 aromatic heterocycles. The molecule has 1 amide bonds. The molecule has 2 aliphatic heterocycles. The first kappa shape index (κ1) is 19.7. The molecular weight excluding hydrogens is 388 g/mol. The molecule has 6 nitrogen and oxygen atoms in total. The Balaban J connectivity index is 1.50. The van der Waals surface area contributed by atoms with Gasteiger partial charge in [0.2, 0.25) is 5.91 Å². The number of anilines is 2. The van der Waals surface area contributed by atoms with Gasteiger partial charge in [-0.1, -0.05) is 24.3 Å². The van der Waals surface area contributed by atoms with Crippen LogP contribution in [0.5, 0.6) is 0 Å². The molecule has 31 heavy (non-hydrogen) atoms. The van der Waals surface area contributed by atoms with Crippen LogP contribution < -0.4 is 10.6 Å². The number of hydrogen-bond acceptors (Lipinski definition) is 4. The van der Waals surface area contributed by atoms with Crippen LogP contribution in [-0.4, -0.2) is 41.2 Å². The monoisotopic (exact) mass is 416 g/mol. The molecule has 1 aliphatic carbocycles. The minimum atomic E-state index is -0.272. The number of carbonyl (C=O) groups excluding carboxylic acids is 2. The predicted octanol–water partition coefficient (Wildman–Crippen LogP) is 4.02. The molecule has 5 rings (SSSR count). The van der Waals surface area contributed by atoms with Crippen molar-refractivity contribution in [3.63, 3.8) is 0 Å².